The SMILES string of the molecule is CCC(CNC(=O)NCC(C)N(C)C1CC1)C(=O)O. The lowest BCUT2D eigenvalue weighted by molar-refractivity contribution is -0.141. The number of nitrogens with zero attached hydrogens (tertiary/aromatic N) is 1. The van der Waals surface area contributed by atoms with Gasteiger partial charge < -0.3 is 15.7 Å². The Kier molecular flexibility index (Phi) is 6.08. The molecule has 0 aliphatic heterocycles. The average Bonchev–Trinajstić information content (AvgIpc) is 3.19. The molecule has 6 heteroatoms. The van der Waals surface area contributed by atoms with Crippen molar-refractivity contribution in [2.24, 2.45) is 5.92 Å². The number of hydrogen-bond donors (Lipinski definition) is 3. The lowest BCUT2D eigenvalue weighted by Crippen LogP contribution is -2.46. The van der Waals surface area contributed by atoms with Crippen LogP contribution in [0.2, 0.25) is 0 Å². The number of carbonyl (C=O) groups is 2. The van der Waals surface area contributed by atoms with Crippen molar-refractivity contribution >= 4 is 12.0 Å². The number of hydrogen-bond acceptors (Lipinski definition) is 3. The third kappa shape index (κ3) is 5.46. The first-order chi connectivity index (χ1) is 8.95. The molecule has 1 rings (SSSR count). The molecule has 0 spiro atoms. The maximum Gasteiger partial charge on any atom is 0.314 e. The smallest absolute Gasteiger partial charge is 0.314 e. The molecule has 2 atom stereocenters. The zero-order valence-corrected chi connectivity index (χ0v) is 12.0. The van der Waals surface area contributed by atoms with E-state index < -0.39 is 11.9 Å². The zero-order valence-electron chi connectivity index (χ0n) is 12.0. The van der Waals surface area contributed by atoms with Gasteiger partial charge >= 0.3 is 12.0 Å². The van der Waals surface area contributed by atoms with Gasteiger partial charge in [0, 0.05) is 25.2 Å². The average molecular weight is 271 g/mol. The molecule has 6 nitrogen and oxygen atoms in total. The van der Waals surface area contributed by atoms with Crippen molar-refractivity contribution in [3.05, 3.63) is 0 Å². The summed E-state index contributed by atoms with van der Waals surface area (Å²) in [4.78, 5) is 24.6. The van der Waals surface area contributed by atoms with Crippen LogP contribution >= 0.6 is 0 Å². The number of carboxylic acid groups (broad SMARTS) is 1. The van der Waals surface area contributed by atoms with Gasteiger partial charge in [-0.2, -0.15) is 0 Å². The third-order valence-corrected chi connectivity index (χ3v) is 3.73. The summed E-state index contributed by atoms with van der Waals surface area (Å²) in [5.41, 5.74) is 0. The van der Waals surface area contributed by atoms with E-state index in [4.69, 9.17) is 5.11 Å². The minimum Gasteiger partial charge on any atom is -0.481 e. The first-order valence-corrected chi connectivity index (χ1v) is 6.92. The first kappa shape index (κ1) is 15.8. The molecular weight excluding hydrogens is 246 g/mol. The van der Waals surface area contributed by atoms with E-state index in [0.29, 0.717) is 25.0 Å². The molecule has 0 saturated heterocycles. The maximum absolute atomic E-state index is 11.6. The fraction of sp³-hybridized carbons (Fsp3) is 0.846. The van der Waals surface area contributed by atoms with E-state index in [1.165, 1.54) is 12.8 Å². The molecule has 0 aromatic rings. The Balaban J connectivity index is 2.18. The number of likely N-dealkylation sites (N-methyl/N-ethyl adjacent to an activating group) is 1. The molecule has 0 aromatic carbocycles. The van der Waals surface area contributed by atoms with Crippen molar-refractivity contribution in [3.63, 3.8) is 0 Å². The van der Waals surface area contributed by atoms with Crippen LogP contribution in [0, 0.1) is 5.92 Å². The van der Waals surface area contributed by atoms with Crippen LogP contribution in [0.4, 0.5) is 4.79 Å². The van der Waals surface area contributed by atoms with E-state index in [9.17, 15) is 9.59 Å². The summed E-state index contributed by atoms with van der Waals surface area (Å²) in [6, 6.07) is 0.659. The number of carbonyl (C=O) groups excluding carboxylic acids is 1. The number of amides is 2. The summed E-state index contributed by atoms with van der Waals surface area (Å²) in [6.45, 7) is 4.61. The Labute approximate surface area is 114 Å². The molecule has 1 saturated carbocycles. The highest BCUT2D eigenvalue weighted by atomic mass is 16.4. The maximum atomic E-state index is 11.6. The second-order valence-corrected chi connectivity index (χ2v) is 5.28. The monoisotopic (exact) mass is 271 g/mol. The fourth-order valence-electron chi connectivity index (χ4n) is 1.91. The fourth-order valence-corrected chi connectivity index (χ4v) is 1.91. The van der Waals surface area contributed by atoms with Gasteiger partial charge in [-0.3, -0.25) is 9.69 Å². The van der Waals surface area contributed by atoms with Gasteiger partial charge in [0.2, 0.25) is 0 Å². The third-order valence-electron chi connectivity index (χ3n) is 3.73. The molecule has 19 heavy (non-hydrogen) atoms. The molecule has 1 aliphatic rings. The molecule has 0 heterocycles. The van der Waals surface area contributed by atoms with Crippen molar-refractivity contribution < 1.29 is 14.7 Å². The lowest BCUT2D eigenvalue weighted by atomic mass is 10.1. The van der Waals surface area contributed by atoms with Crippen LogP contribution in [0.1, 0.15) is 33.1 Å². The summed E-state index contributed by atoms with van der Waals surface area (Å²) >= 11 is 0. The van der Waals surface area contributed by atoms with Crippen LogP contribution < -0.4 is 10.6 Å². The lowest BCUT2D eigenvalue weighted by Gasteiger charge is -2.24. The quantitative estimate of drug-likeness (QED) is 0.612. The van der Waals surface area contributed by atoms with E-state index in [1.807, 2.05) is 0 Å². The number of rotatable bonds is 8. The minimum atomic E-state index is -0.871. The Bertz CT molecular complexity index is 318. The van der Waals surface area contributed by atoms with Gasteiger partial charge in [0.25, 0.3) is 0 Å². The number of nitrogens with one attached hydrogen (secondary N) is 2. The van der Waals surface area contributed by atoms with Crippen LogP contribution in [0.25, 0.3) is 0 Å². The van der Waals surface area contributed by atoms with Gasteiger partial charge in [-0.15, -0.1) is 0 Å². The Morgan fingerprint density at radius 1 is 1.32 bits per heavy atom. The van der Waals surface area contributed by atoms with Crippen molar-refractivity contribution in [2.75, 3.05) is 20.1 Å². The molecule has 2 amide bonds. The highest BCUT2D eigenvalue weighted by molar-refractivity contribution is 5.75. The molecule has 2 unspecified atom stereocenters. The topological polar surface area (TPSA) is 81.7 Å². The van der Waals surface area contributed by atoms with Gasteiger partial charge in [-0.05, 0) is 33.2 Å². The summed E-state index contributed by atoms with van der Waals surface area (Å²) in [7, 11) is 2.07. The Morgan fingerprint density at radius 3 is 2.37 bits per heavy atom. The van der Waals surface area contributed by atoms with Gasteiger partial charge in [0.15, 0.2) is 0 Å². The van der Waals surface area contributed by atoms with Crippen molar-refractivity contribution in [3.8, 4) is 0 Å². The van der Waals surface area contributed by atoms with Crippen molar-refractivity contribution in [1.29, 1.82) is 0 Å². The van der Waals surface area contributed by atoms with Crippen LogP contribution in [-0.2, 0) is 4.79 Å². The van der Waals surface area contributed by atoms with Gasteiger partial charge in [-0.25, -0.2) is 4.79 Å². The largest absolute Gasteiger partial charge is 0.481 e. The number of carboxylic acids is 1. The second kappa shape index (κ2) is 7.33. The predicted octanol–water partition coefficient (Wildman–Crippen LogP) is 0.879. The van der Waals surface area contributed by atoms with Crippen molar-refractivity contribution in [1.82, 2.24) is 15.5 Å². The number of aliphatic carboxylic acids is 1. The minimum absolute atomic E-state index is 0.171. The van der Waals surface area contributed by atoms with E-state index in [0.717, 1.165) is 0 Å². The van der Waals surface area contributed by atoms with Crippen molar-refractivity contribution in [2.45, 2.75) is 45.2 Å². The Morgan fingerprint density at radius 2 is 1.89 bits per heavy atom. The predicted molar refractivity (Wildman–Crippen MR) is 73.1 cm³/mol. The van der Waals surface area contributed by atoms with E-state index in [2.05, 4.69) is 29.5 Å². The summed E-state index contributed by atoms with van der Waals surface area (Å²) < 4.78 is 0. The number of urea groups is 1. The van der Waals surface area contributed by atoms with Crippen LogP contribution in [0.15, 0.2) is 0 Å². The molecule has 0 radical (unpaired) electrons. The highest BCUT2D eigenvalue weighted by Crippen LogP contribution is 2.26. The van der Waals surface area contributed by atoms with E-state index in [-0.39, 0.29) is 12.6 Å². The molecule has 0 aromatic heterocycles. The van der Waals surface area contributed by atoms with E-state index in [1.54, 1.807) is 6.92 Å². The molecule has 3 N–H and O–H groups in total. The van der Waals surface area contributed by atoms with E-state index >= 15 is 0 Å². The van der Waals surface area contributed by atoms with Crippen LogP contribution in [0.5, 0.6) is 0 Å². The highest BCUT2D eigenvalue weighted by Gasteiger charge is 2.29. The molecule has 1 fully saturated rings. The summed E-state index contributed by atoms with van der Waals surface area (Å²) in [5, 5.41) is 14.3. The molecule has 110 valence electrons. The van der Waals surface area contributed by atoms with Gasteiger partial charge in [0.1, 0.15) is 0 Å². The zero-order chi connectivity index (χ0) is 14.4. The molecular formula is C13H25N3O3. The van der Waals surface area contributed by atoms with Crippen LogP contribution in [-0.4, -0.2) is 54.2 Å². The van der Waals surface area contributed by atoms with Gasteiger partial charge in [0.05, 0.1) is 5.92 Å². The van der Waals surface area contributed by atoms with Crippen LogP contribution in [0.3, 0.4) is 0 Å². The Hall–Kier alpha value is -1.30. The molecule has 0 bridgehead atoms. The standard InChI is InChI=1S/C13H25N3O3/c1-4-10(12(17)18)8-15-13(19)14-7-9(2)16(3)11-5-6-11/h9-11H,4-8H2,1-3H3,(H,17,18)(H2,14,15,19). The molecule has 1 aliphatic carbocycles. The second-order valence-electron chi connectivity index (χ2n) is 5.28. The first-order valence-electron chi connectivity index (χ1n) is 6.92. The van der Waals surface area contributed by atoms with Gasteiger partial charge in [-0.1, -0.05) is 6.92 Å². The summed E-state index contributed by atoms with van der Waals surface area (Å²) in [5.74, 6) is -1.39. The summed E-state index contributed by atoms with van der Waals surface area (Å²) in [6.07, 6.45) is 2.99. The normalized spacial score (nSPS) is 17.9.